The Morgan fingerprint density at radius 3 is 2.38 bits per heavy atom. The second-order valence-corrected chi connectivity index (χ2v) is 6.47. The molecule has 0 bridgehead atoms. The number of carbonyl (C=O) groups is 1. The Balaban J connectivity index is 0.00000243. The van der Waals surface area contributed by atoms with Crippen molar-refractivity contribution in [3.8, 4) is 0 Å². The third kappa shape index (κ3) is 5.51. The number of piperidine rings is 1. The quantitative estimate of drug-likeness (QED) is 0.828. The van der Waals surface area contributed by atoms with Crippen molar-refractivity contribution < 1.29 is 13.6 Å². The largest absolute Gasteiger partial charge is 0.349 e. The van der Waals surface area contributed by atoms with Gasteiger partial charge in [0.1, 0.15) is 11.6 Å². The molecule has 3 nitrogen and oxygen atoms in total. The lowest BCUT2D eigenvalue weighted by Crippen LogP contribution is -2.40. The molecule has 0 aliphatic carbocycles. The molecule has 1 aliphatic heterocycles. The summed E-state index contributed by atoms with van der Waals surface area (Å²) in [6.07, 6.45) is 2.00. The molecule has 1 amide bonds. The third-order valence-corrected chi connectivity index (χ3v) is 4.61. The highest BCUT2D eigenvalue weighted by atomic mass is 35.5. The first-order chi connectivity index (χ1) is 12.1. The summed E-state index contributed by atoms with van der Waals surface area (Å²) in [5.41, 5.74) is 1.45. The number of carbonyl (C=O) groups excluding carboxylic acids is 1. The molecule has 2 aromatic rings. The van der Waals surface area contributed by atoms with E-state index in [9.17, 15) is 13.6 Å². The second-order valence-electron chi connectivity index (χ2n) is 6.47. The van der Waals surface area contributed by atoms with Crippen LogP contribution in [0.3, 0.4) is 0 Å². The highest BCUT2D eigenvalue weighted by Gasteiger charge is 2.24. The number of amides is 1. The molecule has 0 saturated carbocycles. The Labute approximate surface area is 158 Å². The Morgan fingerprint density at radius 1 is 1.08 bits per heavy atom. The lowest BCUT2D eigenvalue weighted by molar-refractivity contribution is -0.126. The fraction of sp³-hybridized carbons (Fsp3) is 0.350. The van der Waals surface area contributed by atoms with Crippen molar-refractivity contribution in [1.82, 2.24) is 10.6 Å². The zero-order valence-corrected chi connectivity index (χ0v) is 15.2. The first-order valence-electron chi connectivity index (χ1n) is 8.63. The first-order valence-corrected chi connectivity index (χ1v) is 8.63. The Bertz CT molecular complexity index is 735. The van der Waals surface area contributed by atoms with Crippen molar-refractivity contribution in [2.75, 3.05) is 13.1 Å². The van der Waals surface area contributed by atoms with E-state index in [1.165, 1.54) is 24.3 Å². The van der Waals surface area contributed by atoms with Gasteiger partial charge in [-0.3, -0.25) is 4.79 Å². The predicted octanol–water partition coefficient (Wildman–Crippen LogP) is 3.79. The molecule has 0 spiro atoms. The fourth-order valence-corrected chi connectivity index (χ4v) is 3.25. The van der Waals surface area contributed by atoms with Gasteiger partial charge < -0.3 is 10.6 Å². The summed E-state index contributed by atoms with van der Waals surface area (Å²) >= 11 is 0. The zero-order valence-electron chi connectivity index (χ0n) is 14.4. The summed E-state index contributed by atoms with van der Waals surface area (Å²) in [5, 5.41) is 6.28. The molecule has 1 aliphatic rings. The first kappa shape index (κ1) is 20.3. The molecule has 1 heterocycles. The van der Waals surface area contributed by atoms with Crippen molar-refractivity contribution in [3.63, 3.8) is 0 Å². The van der Waals surface area contributed by atoms with Crippen LogP contribution < -0.4 is 10.6 Å². The monoisotopic (exact) mass is 380 g/mol. The van der Waals surface area contributed by atoms with Gasteiger partial charge >= 0.3 is 0 Å². The summed E-state index contributed by atoms with van der Waals surface area (Å²) in [6.45, 7) is 1.65. The summed E-state index contributed by atoms with van der Waals surface area (Å²) in [4.78, 5) is 12.6. The molecule has 3 rings (SSSR count). The minimum Gasteiger partial charge on any atom is -0.349 e. The lowest BCUT2D eigenvalue weighted by atomic mass is 9.94. The Hall–Kier alpha value is -1.98. The van der Waals surface area contributed by atoms with Crippen LogP contribution in [0, 0.1) is 17.6 Å². The van der Waals surface area contributed by atoms with E-state index in [2.05, 4.69) is 10.6 Å². The Morgan fingerprint density at radius 2 is 1.73 bits per heavy atom. The predicted molar refractivity (Wildman–Crippen MR) is 100 cm³/mol. The van der Waals surface area contributed by atoms with Crippen LogP contribution in [0.15, 0.2) is 48.5 Å². The van der Waals surface area contributed by atoms with Crippen LogP contribution in [0.4, 0.5) is 8.78 Å². The molecule has 0 aromatic heterocycles. The van der Waals surface area contributed by atoms with Gasteiger partial charge in [-0.15, -0.1) is 12.4 Å². The van der Waals surface area contributed by atoms with E-state index in [4.69, 9.17) is 0 Å². The van der Waals surface area contributed by atoms with Crippen molar-refractivity contribution in [2.45, 2.75) is 25.3 Å². The van der Waals surface area contributed by atoms with Gasteiger partial charge in [-0.2, -0.15) is 0 Å². The number of hydrogen-bond donors (Lipinski definition) is 2. The molecule has 26 heavy (non-hydrogen) atoms. The van der Waals surface area contributed by atoms with E-state index in [1.54, 1.807) is 18.2 Å². The average Bonchev–Trinajstić information content (AvgIpc) is 2.62. The van der Waals surface area contributed by atoms with Crippen LogP contribution in [0.25, 0.3) is 0 Å². The highest BCUT2D eigenvalue weighted by molar-refractivity contribution is 5.85. The van der Waals surface area contributed by atoms with E-state index in [-0.39, 0.29) is 41.9 Å². The van der Waals surface area contributed by atoms with E-state index >= 15 is 0 Å². The molecule has 140 valence electrons. The molecule has 2 N–H and O–H groups in total. The Kier molecular flexibility index (Phi) is 7.54. The van der Waals surface area contributed by atoms with Crippen molar-refractivity contribution in [2.24, 2.45) is 5.92 Å². The number of benzene rings is 2. The summed E-state index contributed by atoms with van der Waals surface area (Å²) in [6, 6.07) is 12.1. The molecule has 0 radical (unpaired) electrons. The maximum absolute atomic E-state index is 13.6. The van der Waals surface area contributed by atoms with Crippen LogP contribution >= 0.6 is 12.4 Å². The van der Waals surface area contributed by atoms with Crippen molar-refractivity contribution >= 4 is 18.3 Å². The smallest absolute Gasteiger partial charge is 0.223 e. The average molecular weight is 381 g/mol. The molecular weight excluding hydrogens is 358 g/mol. The topological polar surface area (TPSA) is 41.1 Å². The number of nitrogens with one attached hydrogen (secondary N) is 2. The van der Waals surface area contributed by atoms with Crippen LogP contribution in [-0.2, 0) is 11.2 Å². The highest BCUT2D eigenvalue weighted by Crippen LogP contribution is 2.22. The molecule has 6 heteroatoms. The van der Waals surface area contributed by atoms with Gasteiger partial charge in [0, 0.05) is 5.92 Å². The standard InChI is InChI=1S/C20H22F2N2O.ClH/c21-17-5-1-3-14(11-17)12-19(16-4-2-6-18(22)13-16)24-20(25)15-7-9-23-10-8-15;/h1-6,11,13,15,19,23H,7-10,12H2,(H,24,25);1H. The number of rotatable bonds is 5. The minimum absolute atomic E-state index is 0. The molecule has 1 atom stereocenters. The maximum Gasteiger partial charge on any atom is 0.223 e. The van der Waals surface area contributed by atoms with Gasteiger partial charge in [-0.25, -0.2) is 8.78 Å². The van der Waals surface area contributed by atoms with Gasteiger partial charge in [-0.1, -0.05) is 24.3 Å². The van der Waals surface area contributed by atoms with Crippen LogP contribution in [0.5, 0.6) is 0 Å². The molecule has 1 fully saturated rings. The van der Waals surface area contributed by atoms with Crippen molar-refractivity contribution in [1.29, 1.82) is 0 Å². The van der Waals surface area contributed by atoms with Gasteiger partial charge in [0.25, 0.3) is 0 Å². The van der Waals surface area contributed by atoms with Gasteiger partial charge in [0.15, 0.2) is 0 Å². The van der Waals surface area contributed by atoms with Gasteiger partial charge in [0.05, 0.1) is 6.04 Å². The van der Waals surface area contributed by atoms with E-state index in [0.717, 1.165) is 31.5 Å². The van der Waals surface area contributed by atoms with Crippen LogP contribution in [0.2, 0.25) is 0 Å². The third-order valence-electron chi connectivity index (χ3n) is 4.61. The summed E-state index contributed by atoms with van der Waals surface area (Å²) < 4.78 is 27.1. The summed E-state index contributed by atoms with van der Waals surface area (Å²) in [7, 11) is 0. The lowest BCUT2D eigenvalue weighted by Gasteiger charge is -2.26. The van der Waals surface area contributed by atoms with E-state index < -0.39 is 0 Å². The molecule has 1 saturated heterocycles. The molecule has 1 unspecified atom stereocenters. The van der Waals surface area contributed by atoms with E-state index in [0.29, 0.717) is 12.0 Å². The summed E-state index contributed by atoms with van der Waals surface area (Å²) in [5.74, 6) is -0.727. The minimum atomic E-state index is -0.389. The SMILES string of the molecule is Cl.O=C(NC(Cc1cccc(F)c1)c1cccc(F)c1)C1CCNCC1. The second kappa shape index (κ2) is 9.64. The fourth-order valence-electron chi connectivity index (χ4n) is 3.25. The molecular formula is C20H23ClF2N2O. The molecule has 2 aromatic carbocycles. The van der Waals surface area contributed by atoms with Crippen LogP contribution in [-0.4, -0.2) is 19.0 Å². The number of hydrogen-bond acceptors (Lipinski definition) is 2. The van der Waals surface area contributed by atoms with Crippen LogP contribution in [0.1, 0.15) is 30.0 Å². The zero-order chi connectivity index (χ0) is 17.6. The van der Waals surface area contributed by atoms with Gasteiger partial charge in [-0.05, 0) is 67.7 Å². The number of halogens is 3. The van der Waals surface area contributed by atoms with Crippen molar-refractivity contribution in [3.05, 3.63) is 71.3 Å². The van der Waals surface area contributed by atoms with Gasteiger partial charge in [0.2, 0.25) is 5.91 Å². The normalized spacial score (nSPS) is 15.8. The van der Waals surface area contributed by atoms with E-state index in [1.807, 2.05) is 6.07 Å². The maximum atomic E-state index is 13.6.